The minimum absolute atomic E-state index is 0.677. The van der Waals surface area contributed by atoms with Crippen molar-refractivity contribution in [2.24, 2.45) is 11.8 Å². The molecule has 2 atom stereocenters. The van der Waals surface area contributed by atoms with E-state index >= 15 is 0 Å². The van der Waals surface area contributed by atoms with Crippen LogP contribution in [0.3, 0.4) is 0 Å². The van der Waals surface area contributed by atoms with Gasteiger partial charge in [0, 0.05) is 5.92 Å². The highest BCUT2D eigenvalue weighted by atomic mass is 14.3. The van der Waals surface area contributed by atoms with Crippen molar-refractivity contribution in [3.63, 3.8) is 0 Å². The highest BCUT2D eigenvalue weighted by molar-refractivity contribution is 5.38. The average Bonchev–Trinajstić information content (AvgIpc) is 2.57. The SMILES string of the molecule is CCC/C=C\C1=C(C)C2C=CC=CC2C1. The van der Waals surface area contributed by atoms with Crippen LogP contribution in [0.4, 0.5) is 0 Å². The molecule has 0 heteroatoms. The second kappa shape index (κ2) is 4.65. The van der Waals surface area contributed by atoms with Gasteiger partial charge in [-0.25, -0.2) is 0 Å². The van der Waals surface area contributed by atoms with Gasteiger partial charge >= 0.3 is 0 Å². The minimum atomic E-state index is 0.677. The second-order valence-electron chi connectivity index (χ2n) is 4.56. The molecular formula is C15H20. The maximum Gasteiger partial charge on any atom is 0.00490 e. The summed E-state index contributed by atoms with van der Waals surface area (Å²) in [6.07, 6.45) is 17.4. The van der Waals surface area contributed by atoms with Crippen LogP contribution in [-0.4, -0.2) is 0 Å². The Morgan fingerprint density at radius 1 is 1.33 bits per heavy atom. The minimum Gasteiger partial charge on any atom is -0.0843 e. The van der Waals surface area contributed by atoms with Gasteiger partial charge in [0.05, 0.1) is 0 Å². The number of unbranched alkanes of at least 4 members (excludes halogenated alkanes) is 1. The molecule has 0 amide bonds. The van der Waals surface area contributed by atoms with Crippen LogP contribution in [0.5, 0.6) is 0 Å². The summed E-state index contributed by atoms with van der Waals surface area (Å²) in [5, 5.41) is 0. The van der Waals surface area contributed by atoms with Crippen LogP contribution in [-0.2, 0) is 0 Å². The Bertz CT molecular complexity index is 339. The molecule has 0 aliphatic heterocycles. The Hall–Kier alpha value is -1.04. The second-order valence-corrected chi connectivity index (χ2v) is 4.56. The Morgan fingerprint density at radius 2 is 2.13 bits per heavy atom. The van der Waals surface area contributed by atoms with Crippen molar-refractivity contribution in [1.29, 1.82) is 0 Å². The third-order valence-corrected chi connectivity index (χ3v) is 3.49. The van der Waals surface area contributed by atoms with E-state index in [4.69, 9.17) is 0 Å². The number of rotatable bonds is 3. The lowest BCUT2D eigenvalue weighted by molar-refractivity contribution is 0.576. The van der Waals surface area contributed by atoms with Gasteiger partial charge in [-0.05, 0) is 31.3 Å². The van der Waals surface area contributed by atoms with Gasteiger partial charge in [0.25, 0.3) is 0 Å². The van der Waals surface area contributed by atoms with Crippen molar-refractivity contribution in [2.75, 3.05) is 0 Å². The van der Waals surface area contributed by atoms with Gasteiger partial charge in [0.15, 0.2) is 0 Å². The van der Waals surface area contributed by atoms with E-state index in [1.807, 2.05) is 0 Å². The van der Waals surface area contributed by atoms with Crippen LogP contribution in [0, 0.1) is 11.8 Å². The molecule has 15 heavy (non-hydrogen) atoms. The fraction of sp³-hybridized carbons (Fsp3) is 0.467. The largest absolute Gasteiger partial charge is 0.0843 e. The monoisotopic (exact) mass is 200 g/mol. The van der Waals surface area contributed by atoms with E-state index in [0.29, 0.717) is 5.92 Å². The van der Waals surface area contributed by atoms with Crippen molar-refractivity contribution in [3.8, 4) is 0 Å². The summed E-state index contributed by atoms with van der Waals surface area (Å²) in [7, 11) is 0. The molecule has 0 nitrogen and oxygen atoms in total. The zero-order chi connectivity index (χ0) is 10.7. The van der Waals surface area contributed by atoms with Gasteiger partial charge in [-0.3, -0.25) is 0 Å². The molecule has 0 aromatic heterocycles. The average molecular weight is 200 g/mol. The van der Waals surface area contributed by atoms with Crippen LogP contribution < -0.4 is 0 Å². The molecule has 0 saturated heterocycles. The number of hydrogen-bond donors (Lipinski definition) is 0. The summed E-state index contributed by atoms with van der Waals surface area (Å²) in [5.41, 5.74) is 3.14. The number of allylic oxidation sites excluding steroid dienone is 8. The molecule has 2 unspecified atom stereocenters. The molecule has 0 radical (unpaired) electrons. The zero-order valence-corrected chi connectivity index (χ0v) is 9.74. The molecule has 0 aromatic carbocycles. The first-order valence-electron chi connectivity index (χ1n) is 6.04. The van der Waals surface area contributed by atoms with Crippen molar-refractivity contribution in [1.82, 2.24) is 0 Å². The van der Waals surface area contributed by atoms with Gasteiger partial charge in [-0.2, -0.15) is 0 Å². The molecule has 0 N–H and O–H groups in total. The van der Waals surface area contributed by atoms with Gasteiger partial charge in [-0.15, -0.1) is 0 Å². The highest BCUT2D eigenvalue weighted by Gasteiger charge is 2.28. The highest BCUT2D eigenvalue weighted by Crippen LogP contribution is 2.40. The van der Waals surface area contributed by atoms with Crippen molar-refractivity contribution in [2.45, 2.75) is 33.1 Å². The van der Waals surface area contributed by atoms with E-state index < -0.39 is 0 Å². The quantitative estimate of drug-likeness (QED) is 0.632. The lowest BCUT2D eigenvalue weighted by Gasteiger charge is -2.16. The van der Waals surface area contributed by atoms with Crippen molar-refractivity contribution in [3.05, 3.63) is 47.6 Å². The lowest BCUT2D eigenvalue weighted by Crippen LogP contribution is -2.06. The Kier molecular flexibility index (Phi) is 3.25. The first-order valence-corrected chi connectivity index (χ1v) is 6.04. The molecule has 0 heterocycles. The molecule has 2 rings (SSSR count). The van der Waals surface area contributed by atoms with Gasteiger partial charge in [-0.1, -0.05) is 55.4 Å². The van der Waals surface area contributed by atoms with Crippen LogP contribution in [0.15, 0.2) is 47.6 Å². The van der Waals surface area contributed by atoms with E-state index in [9.17, 15) is 0 Å². The molecule has 0 fully saturated rings. The molecule has 0 bridgehead atoms. The number of hydrogen-bond acceptors (Lipinski definition) is 0. The lowest BCUT2D eigenvalue weighted by atomic mass is 9.88. The molecule has 2 aliphatic rings. The van der Waals surface area contributed by atoms with Gasteiger partial charge < -0.3 is 0 Å². The normalized spacial score (nSPS) is 29.2. The zero-order valence-electron chi connectivity index (χ0n) is 9.74. The van der Waals surface area contributed by atoms with Crippen molar-refractivity contribution >= 4 is 0 Å². The fourth-order valence-electron chi connectivity index (χ4n) is 2.53. The first-order chi connectivity index (χ1) is 7.33. The van der Waals surface area contributed by atoms with Crippen LogP contribution in [0.1, 0.15) is 33.1 Å². The third-order valence-electron chi connectivity index (χ3n) is 3.49. The molecular weight excluding hydrogens is 180 g/mol. The summed E-state index contributed by atoms with van der Waals surface area (Å²) >= 11 is 0. The van der Waals surface area contributed by atoms with Crippen molar-refractivity contribution < 1.29 is 0 Å². The standard InChI is InChI=1S/C15H20/c1-3-4-5-8-13-11-14-9-6-7-10-15(14)12(13)2/h5-10,14-15H,3-4,11H2,1-2H3/b8-5-. The molecule has 0 saturated carbocycles. The van der Waals surface area contributed by atoms with E-state index in [1.54, 1.807) is 11.1 Å². The summed E-state index contributed by atoms with van der Waals surface area (Å²) < 4.78 is 0. The molecule has 0 aromatic rings. The van der Waals surface area contributed by atoms with E-state index in [2.05, 4.69) is 50.3 Å². The van der Waals surface area contributed by atoms with Crippen LogP contribution in [0.25, 0.3) is 0 Å². The van der Waals surface area contributed by atoms with Gasteiger partial charge in [0.1, 0.15) is 0 Å². The predicted octanol–water partition coefficient (Wildman–Crippen LogP) is 4.42. The third kappa shape index (κ3) is 2.14. The molecule has 2 aliphatic carbocycles. The van der Waals surface area contributed by atoms with Crippen LogP contribution in [0.2, 0.25) is 0 Å². The Balaban J connectivity index is 2.10. The maximum absolute atomic E-state index is 2.36. The topological polar surface area (TPSA) is 0 Å². The summed E-state index contributed by atoms with van der Waals surface area (Å²) in [6.45, 7) is 4.52. The number of fused-ring (bicyclic) bond motifs is 1. The molecule has 0 spiro atoms. The maximum atomic E-state index is 2.36. The van der Waals surface area contributed by atoms with Gasteiger partial charge in [0.2, 0.25) is 0 Å². The predicted molar refractivity (Wildman–Crippen MR) is 66.6 cm³/mol. The van der Waals surface area contributed by atoms with E-state index in [1.165, 1.54) is 19.3 Å². The summed E-state index contributed by atoms with van der Waals surface area (Å²) in [5.74, 6) is 1.41. The first kappa shape index (κ1) is 10.5. The Morgan fingerprint density at radius 3 is 2.87 bits per heavy atom. The van der Waals surface area contributed by atoms with E-state index in [-0.39, 0.29) is 0 Å². The fourth-order valence-corrected chi connectivity index (χ4v) is 2.53. The van der Waals surface area contributed by atoms with E-state index in [0.717, 1.165) is 5.92 Å². The Labute approximate surface area is 93.1 Å². The molecule has 80 valence electrons. The summed E-state index contributed by atoms with van der Waals surface area (Å²) in [4.78, 5) is 0. The summed E-state index contributed by atoms with van der Waals surface area (Å²) in [6, 6.07) is 0. The van der Waals surface area contributed by atoms with Crippen LogP contribution >= 0.6 is 0 Å². The smallest absolute Gasteiger partial charge is 0.00490 e.